The third-order valence-corrected chi connectivity index (χ3v) is 3.46. The Morgan fingerprint density at radius 1 is 1.23 bits per heavy atom. The lowest BCUT2D eigenvalue weighted by atomic mass is 10.1. The second-order valence-corrected chi connectivity index (χ2v) is 6.54. The van der Waals surface area contributed by atoms with Crippen LogP contribution in [0.3, 0.4) is 0 Å². The molecule has 0 aliphatic carbocycles. The van der Waals surface area contributed by atoms with Gasteiger partial charge in [-0.1, -0.05) is 3.89 Å². The quantitative estimate of drug-likeness (QED) is 0.765. The minimum atomic E-state index is -5.20. The highest BCUT2D eigenvalue weighted by molar-refractivity contribution is 7.81. The zero-order chi connectivity index (χ0) is 19.4. The van der Waals surface area contributed by atoms with E-state index in [1.54, 1.807) is 24.3 Å². The minimum Gasteiger partial charge on any atom is -0.478 e. The number of hydrogen-bond acceptors (Lipinski definition) is 7. The van der Waals surface area contributed by atoms with Crippen LogP contribution in [0, 0.1) is 11.3 Å². The fourth-order valence-corrected chi connectivity index (χ4v) is 2.19. The summed E-state index contributed by atoms with van der Waals surface area (Å²) in [4.78, 5) is 16.1. The molecule has 8 nitrogen and oxygen atoms in total. The summed E-state index contributed by atoms with van der Waals surface area (Å²) in [6.07, 6.45) is 2.21. The number of halogens is 1. The van der Waals surface area contributed by atoms with Crippen LogP contribution >= 0.6 is 0 Å². The summed E-state index contributed by atoms with van der Waals surface area (Å²) in [7, 11) is -5.20. The average Bonchev–Trinajstić information content (AvgIpc) is 2.54. The number of nitriles is 1. The van der Waals surface area contributed by atoms with Crippen molar-refractivity contribution in [2.24, 2.45) is 0 Å². The maximum atomic E-state index is 12.5. The first kappa shape index (κ1) is 19.1. The molecule has 0 unspecified atom stereocenters. The van der Waals surface area contributed by atoms with E-state index in [4.69, 9.17) is 10.00 Å². The molecule has 1 amide bonds. The van der Waals surface area contributed by atoms with Crippen molar-refractivity contribution in [1.29, 1.82) is 5.26 Å². The van der Waals surface area contributed by atoms with Crippen molar-refractivity contribution in [3.8, 4) is 17.6 Å². The summed E-state index contributed by atoms with van der Waals surface area (Å²) in [6, 6.07) is 9.26. The number of pyridine rings is 1. The Bertz CT molecular complexity index is 953. The standard InChI is InChI=1S/C16H14FN3O5S/c1-16(2,24-13-5-3-11(8-18)4-6-13)15(21)20-12-7-14(10-19-9-12)25-26(17,22)23/h3-7,9-10H,1-2H3,(H,20,21). The Labute approximate surface area is 149 Å². The number of carbonyl (C=O) groups excluding carboxylic acids is 1. The molecule has 1 aromatic carbocycles. The minimum absolute atomic E-state index is 0.0904. The lowest BCUT2D eigenvalue weighted by Crippen LogP contribution is -2.42. The number of aromatic nitrogens is 1. The summed E-state index contributed by atoms with van der Waals surface area (Å²) in [5, 5.41) is 11.2. The lowest BCUT2D eigenvalue weighted by molar-refractivity contribution is -0.128. The Morgan fingerprint density at radius 2 is 1.88 bits per heavy atom. The Kier molecular flexibility index (Phi) is 5.42. The molecule has 0 atom stereocenters. The Hall–Kier alpha value is -3.19. The molecule has 0 saturated carbocycles. The van der Waals surface area contributed by atoms with E-state index < -0.39 is 27.8 Å². The first-order chi connectivity index (χ1) is 12.1. The number of rotatable bonds is 6. The largest absolute Gasteiger partial charge is 0.488 e. The topological polar surface area (TPSA) is 118 Å². The van der Waals surface area contributed by atoms with Crippen molar-refractivity contribution < 1.29 is 26.0 Å². The van der Waals surface area contributed by atoms with Crippen LogP contribution in [0.5, 0.6) is 11.5 Å². The smallest absolute Gasteiger partial charge is 0.478 e. The van der Waals surface area contributed by atoms with Gasteiger partial charge in [0.05, 0.1) is 29.7 Å². The molecule has 136 valence electrons. The van der Waals surface area contributed by atoms with E-state index in [2.05, 4.69) is 14.5 Å². The molecule has 1 aromatic heterocycles. The van der Waals surface area contributed by atoms with Gasteiger partial charge in [-0.25, -0.2) is 0 Å². The summed E-state index contributed by atoms with van der Waals surface area (Å²) < 4.78 is 43.2. The zero-order valence-corrected chi connectivity index (χ0v) is 14.6. The van der Waals surface area contributed by atoms with Crippen LogP contribution in [0.4, 0.5) is 9.57 Å². The van der Waals surface area contributed by atoms with Gasteiger partial charge >= 0.3 is 10.5 Å². The zero-order valence-electron chi connectivity index (χ0n) is 13.8. The summed E-state index contributed by atoms with van der Waals surface area (Å²) in [6.45, 7) is 3.03. The van der Waals surface area contributed by atoms with E-state index in [0.29, 0.717) is 11.3 Å². The van der Waals surface area contributed by atoms with Gasteiger partial charge in [-0.3, -0.25) is 9.78 Å². The van der Waals surface area contributed by atoms with Gasteiger partial charge in [-0.15, -0.1) is 0 Å². The molecule has 0 fully saturated rings. The van der Waals surface area contributed by atoms with E-state index in [0.717, 1.165) is 12.3 Å². The van der Waals surface area contributed by atoms with Crippen molar-refractivity contribution in [3.05, 3.63) is 48.3 Å². The van der Waals surface area contributed by atoms with Crippen molar-refractivity contribution in [2.75, 3.05) is 5.32 Å². The first-order valence-corrected chi connectivity index (χ1v) is 8.50. The molecule has 2 rings (SSSR count). The molecule has 0 spiro atoms. The van der Waals surface area contributed by atoms with E-state index in [-0.39, 0.29) is 5.69 Å². The van der Waals surface area contributed by atoms with Crippen LogP contribution in [0.15, 0.2) is 42.7 Å². The second kappa shape index (κ2) is 7.37. The van der Waals surface area contributed by atoms with Gasteiger partial charge in [0.1, 0.15) is 5.75 Å². The molecule has 1 heterocycles. The highest BCUT2D eigenvalue weighted by Crippen LogP contribution is 2.22. The maximum Gasteiger partial charge on any atom is 0.488 e. The average molecular weight is 379 g/mol. The highest BCUT2D eigenvalue weighted by atomic mass is 32.3. The van der Waals surface area contributed by atoms with Crippen molar-refractivity contribution in [2.45, 2.75) is 19.4 Å². The molecule has 1 N–H and O–H groups in total. The van der Waals surface area contributed by atoms with Gasteiger partial charge in [0.15, 0.2) is 11.4 Å². The van der Waals surface area contributed by atoms with Gasteiger partial charge in [0.2, 0.25) is 0 Å². The second-order valence-electron chi connectivity index (χ2n) is 5.59. The maximum absolute atomic E-state index is 12.5. The van der Waals surface area contributed by atoms with Crippen molar-refractivity contribution in [1.82, 2.24) is 4.98 Å². The number of carbonyl (C=O) groups is 1. The SMILES string of the molecule is CC(C)(Oc1ccc(C#N)cc1)C(=O)Nc1cncc(OS(=O)(=O)F)c1. The van der Waals surface area contributed by atoms with E-state index in [1.165, 1.54) is 20.0 Å². The predicted molar refractivity (Wildman–Crippen MR) is 89.4 cm³/mol. The molecule has 10 heteroatoms. The number of amides is 1. The molecule has 2 aromatic rings. The monoisotopic (exact) mass is 379 g/mol. The highest BCUT2D eigenvalue weighted by Gasteiger charge is 2.30. The van der Waals surface area contributed by atoms with E-state index in [9.17, 15) is 17.1 Å². The summed E-state index contributed by atoms with van der Waals surface area (Å²) >= 11 is 0. The normalized spacial score (nSPS) is 11.3. The molecule has 0 radical (unpaired) electrons. The van der Waals surface area contributed by atoms with E-state index in [1.807, 2.05) is 6.07 Å². The number of nitrogens with one attached hydrogen (secondary N) is 1. The third-order valence-electron chi connectivity index (χ3n) is 3.07. The fraction of sp³-hybridized carbons (Fsp3) is 0.188. The molecule has 0 saturated heterocycles. The lowest BCUT2D eigenvalue weighted by Gasteiger charge is -2.25. The number of benzene rings is 1. The van der Waals surface area contributed by atoms with E-state index >= 15 is 0 Å². The van der Waals surface area contributed by atoms with Crippen LogP contribution in [0.2, 0.25) is 0 Å². The first-order valence-electron chi connectivity index (χ1n) is 7.19. The van der Waals surface area contributed by atoms with Gasteiger partial charge in [-0.05, 0) is 38.1 Å². The Balaban J connectivity index is 2.09. The fourth-order valence-electron chi connectivity index (χ4n) is 1.87. The summed E-state index contributed by atoms with van der Waals surface area (Å²) in [5.74, 6) is -0.581. The van der Waals surface area contributed by atoms with Crippen LogP contribution in [0.1, 0.15) is 19.4 Å². The van der Waals surface area contributed by atoms with Gasteiger partial charge in [-0.2, -0.15) is 13.7 Å². The molecule has 0 bridgehead atoms. The molecule has 0 aliphatic rings. The summed E-state index contributed by atoms with van der Waals surface area (Å²) in [5.41, 5.74) is -0.769. The molecular weight excluding hydrogens is 365 g/mol. The predicted octanol–water partition coefficient (Wildman–Crippen LogP) is 2.34. The van der Waals surface area contributed by atoms with Crippen molar-refractivity contribution >= 4 is 22.1 Å². The van der Waals surface area contributed by atoms with Gasteiger partial charge in [0, 0.05) is 6.07 Å². The molecule has 26 heavy (non-hydrogen) atoms. The number of nitrogens with zero attached hydrogens (tertiary/aromatic N) is 2. The number of ether oxygens (including phenoxy) is 1. The molecule has 0 aliphatic heterocycles. The van der Waals surface area contributed by atoms with Gasteiger partial charge in [0.25, 0.3) is 5.91 Å². The third kappa shape index (κ3) is 5.42. The number of anilines is 1. The molecular formula is C16H14FN3O5S. The van der Waals surface area contributed by atoms with Crippen LogP contribution in [-0.4, -0.2) is 24.9 Å². The van der Waals surface area contributed by atoms with Gasteiger partial charge < -0.3 is 14.2 Å². The van der Waals surface area contributed by atoms with Crippen LogP contribution in [-0.2, 0) is 15.3 Å². The number of hydrogen-bond donors (Lipinski definition) is 1. The van der Waals surface area contributed by atoms with Crippen molar-refractivity contribution in [3.63, 3.8) is 0 Å². The van der Waals surface area contributed by atoms with Crippen LogP contribution in [0.25, 0.3) is 0 Å². The van der Waals surface area contributed by atoms with Crippen LogP contribution < -0.4 is 14.2 Å². The Morgan fingerprint density at radius 3 is 2.46 bits per heavy atom.